The van der Waals surface area contributed by atoms with Crippen molar-refractivity contribution in [3.63, 3.8) is 0 Å². The molecule has 12 heavy (non-hydrogen) atoms. The number of aliphatic hydroxyl groups is 1. The average molecular weight is 208 g/mol. The molecule has 0 aromatic heterocycles. The van der Waals surface area contributed by atoms with E-state index in [-0.39, 0.29) is 0 Å². The lowest BCUT2D eigenvalue weighted by Crippen LogP contribution is -2.04. The number of rotatable bonds is 6. The maximum atomic E-state index is 8.54. The van der Waals surface area contributed by atoms with E-state index in [4.69, 9.17) is 5.11 Å². The molecule has 0 aromatic rings. The smallest absolute Gasteiger partial charge is 0.0431 e. The highest BCUT2D eigenvalue weighted by Gasteiger charge is 2.09. The molecule has 0 radical (unpaired) electrons. The molecule has 1 nitrogen and oxygen atoms in total. The highest BCUT2D eigenvalue weighted by Crippen LogP contribution is 2.35. The highest BCUT2D eigenvalue weighted by atomic mass is 33.1. The van der Waals surface area contributed by atoms with Gasteiger partial charge >= 0.3 is 0 Å². The Morgan fingerprint density at radius 1 is 1.08 bits per heavy atom. The first-order valence-electron chi connectivity index (χ1n) is 4.48. The SMILES string of the molecule is CC(C)(C)SSCCCCCO. The van der Waals surface area contributed by atoms with Gasteiger partial charge in [0.05, 0.1) is 0 Å². The van der Waals surface area contributed by atoms with E-state index in [0.29, 0.717) is 11.4 Å². The maximum absolute atomic E-state index is 8.54. The van der Waals surface area contributed by atoms with E-state index in [1.54, 1.807) is 0 Å². The first kappa shape index (κ1) is 12.7. The molecule has 0 atom stereocenters. The van der Waals surface area contributed by atoms with E-state index >= 15 is 0 Å². The molecule has 0 saturated carbocycles. The number of unbranched alkanes of at least 4 members (excludes halogenated alkanes) is 2. The molecule has 0 aliphatic rings. The minimum Gasteiger partial charge on any atom is -0.396 e. The molecule has 3 heteroatoms. The summed E-state index contributed by atoms with van der Waals surface area (Å²) in [6, 6.07) is 0. The van der Waals surface area contributed by atoms with Crippen LogP contribution in [0.2, 0.25) is 0 Å². The quantitative estimate of drug-likeness (QED) is 0.534. The summed E-state index contributed by atoms with van der Waals surface area (Å²) in [5, 5.41) is 8.54. The lowest BCUT2D eigenvalue weighted by atomic mass is 10.3. The zero-order chi connectivity index (χ0) is 9.45. The van der Waals surface area contributed by atoms with Gasteiger partial charge < -0.3 is 5.11 Å². The van der Waals surface area contributed by atoms with Gasteiger partial charge in [-0.05, 0) is 12.8 Å². The molecule has 0 rings (SSSR count). The first-order chi connectivity index (χ1) is 5.56. The van der Waals surface area contributed by atoms with Crippen molar-refractivity contribution in [2.45, 2.75) is 44.8 Å². The van der Waals surface area contributed by atoms with Crippen molar-refractivity contribution in [1.82, 2.24) is 0 Å². The molecule has 0 saturated heterocycles. The van der Waals surface area contributed by atoms with Crippen LogP contribution in [0.25, 0.3) is 0 Å². The lowest BCUT2D eigenvalue weighted by Gasteiger charge is -2.15. The van der Waals surface area contributed by atoms with Gasteiger partial charge in [-0.1, -0.05) is 48.8 Å². The fourth-order valence-corrected chi connectivity index (χ4v) is 3.09. The van der Waals surface area contributed by atoms with Crippen LogP contribution in [0.3, 0.4) is 0 Å². The predicted octanol–water partition coefficient (Wildman–Crippen LogP) is 3.33. The summed E-state index contributed by atoms with van der Waals surface area (Å²) < 4.78 is 0.377. The largest absolute Gasteiger partial charge is 0.396 e. The third-order valence-electron chi connectivity index (χ3n) is 1.19. The normalized spacial score (nSPS) is 12.0. The second kappa shape index (κ2) is 7.10. The molecule has 0 bridgehead atoms. The zero-order valence-corrected chi connectivity index (χ0v) is 9.93. The Bertz CT molecular complexity index is 99.2. The van der Waals surface area contributed by atoms with Gasteiger partial charge in [-0.15, -0.1) is 0 Å². The number of aliphatic hydroxyl groups excluding tert-OH is 1. The van der Waals surface area contributed by atoms with Crippen molar-refractivity contribution in [3.8, 4) is 0 Å². The van der Waals surface area contributed by atoms with Gasteiger partial charge in [0.25, 0.3) is 0 Å². The molecular weight excluding hydrogens is 188 g/mol. The second-order valence-electron chi connectivity index (χ2n) is 3.80. The van der Waals surface area contributed by atoms with Crippen molar-refractivity contribution < 1.29 is 5.11 Å². The van der Waals surface area contributed by atoms with E-state index in [2.05, 4.69) is 20.8 Å². The van der Waals surface area contributed by atoms with Crippen LogP contribution >= 0.6 is 21.6 Å². The molecule has 0 fully saturated rings. The molecule has 0 aromatic carbocycles. The van der Waals surface area contributed by atoms with Gasteiger partial charge in [0.15, 0.2) is 0 Å². The fourth-order valence-electron chi connectivity index (χ4n) is 0.668. The molecule has 74 valence electrons. The lowest BCUT2D eigenvalue weighted by molar-refractivity contribution is 0.284. The summed E-state index contributed by atoms with van der Waals surface area (Å²) in [5.41, 5.74) is 0. The molecule has 1 N–H and O–H groups in total. The van der Waals surface area contributed by atoms with Crippen LogP contribution in [0, 0.1) is 0 Å². The topological polar surface area (TPSA) is 20.2 Å². The number of hydrogen-bond donors (Lipinski definition) is 1. The number of hydrogen-bond acceptors (Lipinski definition) is 3. The Morgan fingerprint density at radius 2 is 1.75 bits per heavy atom. The van der Waals surface area contributed by atoms with Crippen LogP contribution in [0.15, 0.2) is 0 Å². The van der Waals surface area contributed by atoms with Crippen molar-refractivity contribution in [2.24, 2.45) is 0 Å². The van der Waals surface area contributed by atoms with Crippen molar-refractivity contribution in [1.29, 1.82) is 0 Å². The third-order valence-corrected chi connectivity index (χ3v) is 4.62. The van der Waals surface area contributed by atoms with E-state index in [9.17, 15) is 0 Å². The van der Waals surface area contributed by atoms with Crippen LogP contribution in [0.4, 0.5) is 0 Å². The van der Waals surface area contributed by atoms with Crippen LogP contribution in [0.5, 0.6) is 0 Å². The Labute approximate surface area is 84.1 Å². The molecular formula is C9H20OS2. The van der Waals surface area contributed by atoms with E-state index in [0.717, 1.165) is 12.8 Å². The molecule has 0 aliphatic carbocycles. The standard InChI is InChI=1S/C9H20OS2/c1-9(2,3)12-11-8-6-4-5-7-10/h10H,4-8H2,1-3H3. The monoisotopic (exact) mass is 208 g/mol. The molecule has 0 aliphatic heterocycles. The Hall–Kier alpha value is 0.660. The van der Waals surface area contributed by atoms with E-state index in [1.165, 1.54) is 12.2 Å². The predicted molar refractivity (Wildman–Crippen MR) is 60.7 cm³/mol. The minimum atomic E-state index is 0.344. The molecule has 0 spiro atoms. The van der Waals surface area contributed by atoms with Crippen molar-refractivity contribution in [3.05, 3.63) is 0 Å². The summed E-state index contributed by atoms with van der Waals surface area (Å²) in [6.45, 7) is 7.05. The summed E-state index contributed by atoms with van der Waals surface area (Å²) >= 11 is 0. The van der Waals surface area contributed by atoms with Crippen molar-refractivity contribution in [2.75, 3.05) is 12.4 Å². The maximum Gasteiger partial charge on any atom is 0.0431 e. The van der Waals surface area contributed by atoms with Crippen LogP contribution in [-0.4, -0.2) is 22.2 Å². The van der Waals surface area contributed by atoms with Gasteiger partial charge in [-0.3, -0.25) is 0 Å². The van der Waals surface area contributed by atoms with Gasteiger partial charge in [0.1, 0.15) is 0 Å². The molecule has 0 heterocycles. The van der Waals surface area contributed by atoms with Crippen LogP contribution < -0.4 is 0 Å². The Kier molecular flexibility index (Phi) is 7.49. The Morgan fingerprint density at radius 3 is 2.25 bits per heavy atom. The third kappa shape index (κ3) is 10.7. The van der Waals surface area contributed by atoms with E-state index < -0.39 is 0 Å². The second-order valence-corrected chi connectivity index (χ2v) is 7.04. The van der Waals surface area contributed by atoms with E-state index in [1.807, 2.05) is 21.6 Å². The van der Waals surface area contributed by atoms with Crippen LogP contribution in [-0.2, 0) is 0 Å². The van der Waals surface area contributed by atoms with Crippen molar-refractivity contribution >= 4 is 21.6 Å². The summed E-state index contributed by atoms with van der Waals surface area (Å²) in [6.07, 6.45) is 3.35. The first-order valence-corrected chi connectivity index (χ1v) is 6.79. The summed E-state index contributed by atoms with van der Waals surface area (Å²) in [7, 11) is 3.89. The van der Waals surface area contributed by atoms with Gasteiger partial charge in [0.2, 0.25) is 0 Å². The van der Waals surface area contributed by atoms with Crippen LogP contribution in [0.1, 0.15) is 40.0 Å². The van der Waals surface area contributed by atoms with Gasteiger partial charge in [-0.25, -0.2) is 0 Å². The van der Waals surface area contributed by atoms with Gasteiger partial charge in [-0.2, -0.15) is 0 Å². The molecule has 0 amide bonds. The average Bonchev–Trinajstić information content (AvgIpc) is 1.94. The highest BCUT2D eigenvalue weighted by molar-refractivity contribution is 8.77. The minimum absolute atomic E-state index is 0.344. The molecule has 0 unspecified atom stereocenters. The Balaban J connectivity index is 3.01. The fraction of sp³-hybridized carbons (Fsp3) is 1.00. The zero-order valence-electron chi connectivity index (χ0n) is 8.30. The van der Waals surface area contributed by atoms with Gasteiger partial charge in [0, 0.05) is 17.1 Å². The summed E-state index contributed by atoms with van der Waals surface area (Å²) in [4.78, 5) is 0. The summed E-state index contributed by atoms with van der Waals surface area (Å²) in [5.74, 6) is 1.21.